The van der Waals surface area contributed by atoms with E-state index in [-0.39, 0.29) is 11.8 Å². The molecule has 1 atom stereocenters. The third-order valence-corrected chi connectivity index (χ3v) is 3.94. The summed E-state index contributed by atoms with van der Waals surface area (Å²) in [6.45, 7) is 5.31. The number of carbonyl (C=O) groups is 2. The molecule has 0 radical (unpaired) electrons. The molecule has 5 nitrogen and oxygen atoms in total. The number of nitrogens with zero attached hydrogens (tertiary/aromatic N) is 1. The Bertz CT molecular complexity index is 315. The second-order valence-electron chi connectivity index (χ2n) is 5.60. The van der Waals surface area contributed by atoms with Gasteiger partial charge in [-0.3, -0.25) is 9.59 Å². The standard InChI is InChI=1S/C13H24N2O3/c1-13(2,12(17)18)10-5-4-8-15(9-10)11(16)6-3-7-14/h10H,3-9,14H2,1-2H3,(H,17,18). The smallest absolute Gasteiger partial charge is 0.309 e. The maximum atomic E-state index is 11.9. The lowest BCUT2D eigenvalue weighted by atomic mass is 9.74. The molecule has 0 aromatic rings. The Morgan fingerprint density at radius 2 is 2.11 bits per heavy atom. The fourth-order valence-electron chi connectivity index (χ4n) is 2.38. The molecule has 104 valence electrons. The van der Waals surface area contributed by atoms with Gasteiger partial charge in [-0.25, -0.2) is 0 Å². The summed E-state index contributed by atoms with van der Waals surface area (Å²) in [6, 6.07) is 0. The third-order valence-electron chi connectivity index (χ3n) is 3.94. The minimum atomic E-state index is -0.788. The number of carbonyl (C=O) groups excluding carboxylic acids is 1. The van der Waals surface area contributed by atoms with Crippen molar-refractivity contribution in [3.05, 3.63) is 0 Å². The minimum Gasteiger partial charge on any atom is -0.481 e. The fraction of sp³-hybridized carbons (Fsp3) is 0.846. The Balaban J connectivity index is 2.61. The molecular weight excluding hydrogens is 232 g/mol. The summed E-state index contributed by atoms with van der Waals surface area (Å²) in [5, 5.41) is 9.24. The Labute approximate surface area is 108 Å². The zero-order valence-corrected chi connectivity index (χ0v) is 11.3. The zero-order valence-electron chi connectivity index (χ0n) is 11.3. The van der Waals surface area contributed by atoms with Gasteiger partial charge in [0.25, 0.3) is 0 Å². The van der Waals surface area contributed by atoms with Crippen molar-refractivity contribution in [1.29, 1.82) is 0 Å². The lowest BCUT2D eigenvalue weighted by molar-refractivity contribution is -0.153. The van der Waals surface area contributed by atoms with Crippen LogP contribution in [0.5, 0.6) is 0 Å². The van der Waals surface area contributed by atoms with Crippen molar-refractivity contribution >= 4 is 11.9 Å². The van der Waals surface area contributed by atoms with Crippen LogP contribution in [-0.2, 0) is 9.59 Å². The number of carboxylic acids is 1. The van der Waals surface area contributed by atoms with E-state index in [2.05, 4.69) is 0 Å². The summed E-state index contributed by atoms with van der Waals surface area (Å²) in [6.07, 6.45) is 2.93. The Hall–Kier alpha value is -1.10. The van der Waals surface area contributed by atoms with E-state index < -0.39 is 11.4 Å². The molecule has 0 saturated carbocycles. The largest absolute Gasteiger partial charge is 0.481 e. The fourth-order valence-corrected chi connectivity index (χ4v) is 2.38. The van der Waals surface area contributed by atoms with Crippen LogP contribution in [0, 0.1) is 11.3 Å². The highest BCUT2D eigenvalue weighted by molar-refractivity contribution is 5.77. The first-order chi connectivity index (χ1) is 8.39. The molecule has 1 amide bonds. The summed E-state index contributed by atoms with van der Waals surface area (Å²) < 4.78 is 0. The summed E-state index contributed by atoms with van der Waals surface area (Å²) in [5.74, 6) is -0.652. The van der Waals surface area contributed by atoms with Crippen LogP contribution in [0.25, 0.3) is 0 Å². The summed E-state index contributed by atoms with van der Waals surface area (Å²) in [5.41, 5.74) is 4.62. The van der Waals surface area contributed by atoms with Gasteiger partial charge in [0.2, 0.25) is 5.91 Å². The zero-order chi connectivity index (χ0) is 13.8. The van der Waals surface area contributed by atoms with Crippen molar-refractivity contribution in [1.82, 2.24) is 4.90 Å². The second-order valence-corrected chi connectivity index (χ2v) is 5.60. The van der Waals surface area contributed by atoms with Crippen LogP contribution in [0.1, 0.15) is 39.5 Å². The molecule has 0 aromatic carbocycles. The third kappa shape index (κ3) is 3.45. The Kier molecular flexibility index (Phi) is 5.14. The van der Waals surface area contributed by atoms with Gasteiger partial charge in [0.05, 0.1) is 5.41 Å². The second kappa shape index (κ2) is 6.18. The van der Waals surface area contributed by atoms with E-state index in [1.807, 2.05) is 0 Å². The van der Waals surface area contributed by atoms with Crippen LogP contribution in [0.15, 0.2) is 0 Å². The number of amides is 1. The van der Waals surface area contributed by atoms with Crippen LogP contribution in [0.4, 0.5) is 0 Å². The first-order valence-corrected chi connectivity index (χ1v) is 6.60. The average Bonchev–Trinajstić information content (AvgIpc) is 2.35. The van der Waals surface area contributed by atoms with Gasteiger partial charge >= 0.3 is 5.97 Å². The highest BCUT2D eigenvalue weighted by Gasteiger charge is 2.39. The highest BCUT2D eigenvalue weighted by atomic mass is 16.4. The quantitative estimate of drug-likeness (QED) is 0.771. The molecule has 1 fully saturated rings. The molecule has 0 aliphatic carbocycles. The van der Waals surface area contributed by atoms with Gasteiger partial charge in [-0.1, -0.05) is 0 Å². The minimum absolute atomic E-state index is 0.0329. The number of carboxylic acid groups (broad SMARTS) is 1. The van der Waals surface area contributed by atoms with Gasteiger partial charge < -0.3 is 15.7 Å². The molecule has 1 saturated heterocycles. The van der Waals surface area contributed by atoms with Gasteiger partial charge in [-0.15, -0.1) is 0 Å². The first kappa shape index (κ1) is 15.0. The van der Waals surface area contributed by atoms with Crippen molar-refractivity contribution in [3.63, 3.8) is 0 Å². The maximum absolute atomic E-state index is 11.9. The maximum Gasteiger partial charge on any atom is 0.309 e. The van der Waals surface area contributed by atoms with Crippen molar-refractivity contribution in [2.45, 2.75) is 39.5 Å². The summed E-state index contributed by atoms with van der Waals surface area (Å²) in [7, 11) is 0. The normalized spacial score (nSPS) is 20.8. The number of hydrogen-bond acceptors (Lipinski definition) is 3. The van der Waals surface area contributed by atoms with E-state index in [9.17, 15) is 14.7 Å². The number of piperidine rings is 1. The first-order valence-electron chi connectivity index (χ1n) is 6.60. The molecule has 1 heterocycles. The number of nitrogens with two attached hydrogens (primary N) is 1. The summed E-state index contributed by atoms with van der Waals surface area (Å²) in [4.78, 5) is 25.0. The predicted octanol–water partition coefficient (Wildman–Crippen LogP) is 1.07. The number of hydrogen-bond donors (Lipinski definition) is 2. The van der Waals surface area contributed by atoms with Crippen molar-refractivity contribution in [3.8, 4) is 0 Å². The highest BCUT2D eigenvalue weighted by Crippen LogP contribution is 2.34. The molecule has 1 unspecified atom stereocenters. The van der Waals surface area contributed by atoms with Crippen molar-refractivity contribution in [2.75, 3.05) is 19.6 Å². The van der Waals surface area contributed by atoms with E-state index in [0.29, 0.717) is 25.9 Å². The molecule has 0 bridgehead atoms. The lowest BCUT2D eigenvalue weighted by Gasteiger charge is -2.39. The van der Waals surface area contributed by atoms with E-state index in [0.717, 1.165) is 19.4 Å². The molecule has 3 N–H and O–H groups in total. The van der Waals surface area contributed by atoms with E-state index in [1.165, 1.54) is 0 Å². The number of rotatable bonds is 5. The number of likely N-dealkylation sites (tertiary alicyclic amines) is 1. The van der Waals surface area contributed by atoms with E-state index in [1.54, 1.807) is 18.7 Å². The van der Waals surface area contributed by atoms with Crippen LogP contribution in [-0.4, -0.2) is 41.5 Å². The predicted molar refractivity (Wildman–Crippen MR) is 69.0 cm³/mol. The molecule has 0 aromatic heterocycles. The van der Waals surface area contributed by atoms with Gasteiger partial charge in [-0.05, 0) is 45.6 Å². The molecule has 1 rings (SSSR count). The van der Waals surface area contributed by atoms with Gasteiger partial charge in [0, 0.05) is 19.5 Å². The molecule has 1 aliphatic heterocycles. The monoisotopic (exact) mass is 256 g/mol. The molecule has 1 aliphatic rings. The Morgan fingerprint density at radius 1 is 1.44 bits per heavy atom. The SMILES string of the molecule is CC(C)(C(=O)O)C1CCCN(C(=O)CCCN)C1. The summed E-state index contributed by atoms with van der Waals surface area (Å²) >= 11 is 0. The van der Waals surface area contributed by atoms with Crippen LogP contribution < -0.4 is 5.73 Å². The van der Waals surface area contributed by atoms with Crippen LogP contribution >= 0.6 is 0 Å². The molecular formula is C13H24N2O3. The number of aliphatic carboxylic acids is 1. The molecule has 0 spiro atoms. The van der Waals surface area contributed by atoms with Crippen molar-refractivity contribution in [2.24, 2.45) is 17.1 Å². The van der Waals surface area contributed by atoms with Gasteiger partial charge in [-0.2, -0.15) is 0 Å². The van der Waals surface area contributed by atoms with E-state index >= 15 is 0 Å². The van der Waals surface area contributed by atoms with Gasteiger partial charge in [0.1, 0.15) is 0 Å². The van der Waals surface area contributed by atoms with Gasteiger partial charge in [0.15, 0.2) is 0 Å². The molecule has 18 heavy (non-hydrogen) atoms. The van der Waals surface area contributed by atoms with Crippen LogP contribution in [0.2, 0.25) is 0 Å². The topological polar surface area (TPSA) is 83.6 Å². The molecule has 5 heteroatoms. The average molecular weight is 256 g/mol. The van der Waals surface area contributed by atoms with Crippen molar-refractivity contribution < 1.29 is 14.7 Å². The van der Waals surface area contributed by atoms with E-state index in [4.69, 9.17) is 5.73 Å². The van der Waals surface area contributed by atoms with Crippen LogP contribution in [0.3, 0.4) is 0 Å². The lowest BCUT2D eigenvalue weighted by Crippen LogP contribution is -2.46. The Morgan fingerprint density at radius 3 is 2.67 bits per heavy atom.